The van der Waals surface area contributed by atoms with Crippen LogP contribution < -0.4 is 5.73 Å². The van der Waals surface area contributed by atoms with E-state index in [1.807, 2.05) is 6.92 Å². The Morgan fingerprint density at radius 1 is 1.36 bits per heavy atom. The van der Waals surface area contributed by atoms with E-state index in [1.54, 1.807) is 6.92 Å². The molecule has 0 fully saturated rings. The fraction of sp³-hybridized carbons (Fsp3) is 1.00. The summed E-state index contributed by atoms with van der Waals surface area (Å²) < 4.78 is 0. The summed E-state index contributed by atoms with van der Waals surface area (Å²) in [5, 5.41) is 18.3. The molecule has 0 aromatic heterocycles. The second-order valence-corrected chi connectivity index (χ2v) is 4.08. The summed E-state index contributed by atoms with van der Waals surface area (Å²) >= 11 is 1.54. The second kappa shape index (κ2) is 5.83. The monoisotopic (exact) mass is 179 g/mol. The Bertz CT molecular complexity index is 100. The van der Waals surface area contributed by atoms with Crippen LogP contribution in [-0.2, 0) is 0 Å². The number of aliphatic hydroxyl groups is 2. The molecular formula is C7H17NO2S. The highest BCUT2D eigenvalue weighted by atomic mass is 32.2. The minimum atomic E-state index is -0.443. The van der Waals surface area contributed by atoms with Gasteiger partial charge in [-0.1, -0.05) is 6.92 Å². The van der Waals surface area contributed by atoms with Gasteiger partial charge in [-0.2, -0.15) is 11.8 Å². The van der Waals surface area contributed by atoms with Crippen molar-refractivity contribution in [3.8, 4) is 0 Å². The van der Waals surface area contributed by atoms with Gasteiger partial charge in [0.05, 0.1) is 12.2 Å². The summed E-state index contributed by atoms with van der Waals surface area (Å²) in [5.74, 6) is 0.600. The van der Waals surface area contributed by atoms with Crippen LogP contribution in [0.1, 0.15) is 13.8 Å². The average Bonchev–Trinajstić information content (AvgIpc) is 1.99. The van der Waals surface area contributed by atoms with Crippen LogP contribution in [0.2, 0.25) is 0 Å². The van der Waals surface area contributed by atoms with Crippen molar-refractivity contribution in [1.82, 2.24) is 0 Å². The van der Waals surface area contributed by atoms with Gasteiger partial charge < -0.3 is 15.9 Å². The van der Waals surface area contributed by atoms with Gasteiger partial charge in [0, 0.05) is 17.5 Å². The van der Waals surface area contributed by atoms with E-state index >= 15 is 0 Å². The lowest BCUT2D eigenvalue weighted by molar-refractivity contribution is 0.193. The van der Waals surface area contributed by atoms with Crippen LogP contribution in [0, 0.1) is 0 Å². The van der Waals surface area contributed by atoms with Gasteiger partial charge in [0.25, 0.3) is 0 Å². The quantitative estimate of drug-likeness (QED) is 0.547. The zero-order valence-electron chi connectivity index (χ0n) is 7.03. The van der Waals surface area contributed by atoms with Gasteiger partial charge in [-0.15, -0.1) is 0 Å². The maximum atomic E-state index is 9.07. The Balaban J connectivity index is 3.37. The third-order valence-corrected chi connectivity index (χ3v) is 3.00. The molecule has 4 N–H and O–H groups in total. The maximum absolute atomic E-state index is 9.07. The summed E-state index contributed by atoms with van der Waals surface area (Å²) in [6, 6.07) is 0. The van der Waals surface area contributed by atoms with Crippen molar-refractivity contribution in [2.75, 3.05) is 12.3 Å². The molecule has 0 aliphatic carbocycles. The first kappa shape index (κ1) is 11.2. The van der Waals surface area contributed by atoms with Gasteiger partial charge in [0.2, 0.25) is 0 Å². The Kier molecular flexibility index (Phi) is 5.95. The van der Waals surface area contributed by atoms with E-state index in [2.05, 4.69) is 0 Å². The Hall–Kier alpha value is 0.230. The minimum absolute atomic E-state index is 0.163. The van der Waals surface area contributed by atoms with Crippen molar-refractivity contribution in [2.24, 2.45) is 5.73 Å². The topological polar surface area (TPSA) is 66.5 Å². The molecule has 0 saturated heterocycles. The van der Waals surface area contributed by atoms with Crippen molar-refractivity contribution in [1.29, 1.82) is 0 Å². The van der Waals surface area contributed by atoms with Crippen molar-refractivity contribution < 1.29 is 10.2 Å². The molecule has 11 heavy (non-hydrogen) atoms. The highest BCUT2D eigenvalue weighted by Gasteiger charge is 2.10. The van der Waals surface area contributed by atoms with Gasteiger partial charge >= 0.3 is 0 Å². The van der Waals surface area contributed by atoms with Crippen LogP contribution in [0.3, 0.4) is 0 Å². The lowest BCUT2D eigenvalue weighted by Crippen LogP contribution is -2.25. The third kappa shape index (κ3) is 5.49. The molecule has 0 aliphatic heterocycles. The molecule has 0 aromatic carbocycles. The van der Waals surface area contributed by atoms with Crippen LogP contribution >= 0.6 is 11.8 Å². The molecule has 3 unspecified atom stereocenters. The summed E-state index contributed by atoms with van der Waals surface area (Å²) in [5.41, 5.74) is 5.21. The van der Waals surface area contributed by atoms with Crippen molar-refractivity contribution in [3.05, 3.63) is 0 Å². The van der Waals surface area contributed by atoms with Crippen LogP contribution in [0.15, 0.2) is 0 Å². The molecule has 0 saturated carbocycles. The molecule has 0 rings (SSSR count). The Morgan fingerprint density at radius 2 is 1.91 bits per heavy atom. The minimum Gasteiger partial charge on any atom is -0.392 e. The molecule has 0 spiro atoms. The number of rotatable bonds is 5. The fourth-order valence-electron chi connectivity index (χ4n) is 0.470. The molecule has 4 heteroatoms. The van der Waals surface area contributed by atoms with E-state index in [1.165, 1.54) is 11.8 Å². The zero-order chi connectivity index (χ0) is 8.85. The van der Waals surface area contributed by atoms with Crippen LogP contribution in [-0.4, -0.2) is 40.0 Å². The molecule has 0 radical (unpaired) electrons. The van der Waals surface area contributed by atoms with Crippen LogP contribution in [0.5, 0.6) is 0 Å². The van der Waals surface area contributed by atoms with E-state index < -0.39 is 6.10 Å². The zero-order valence-corrected chi connectivity index (χ0v) is 7.84. The third-order valence-electron chi connectivity index (χ3n) is 1.50. The number of hydrogen-bond acceptors (Lipinski definition) is 4. The van der Waals surface area contributed by atoms with Crippen LogP contribution in [0.4, 0.5) is 0 Å². The van der Waals surface area contributed by atoms with Gasteiger partial charge in [-0.05, 0) is 6.92 Å². The summed E-state index contributed by atoms with van der Waals surface area (Å²) in [6.07, 6.45) is -0.772. The van der Waals surface area contributed by atoms with E-state index in [0.29, 0.717) is 12.3 Å². The molecule has 0 aromatic rings. The highest BCUT2D eigenvalue weighted by Crippen LogP contribution is 2.14. The number of thioether (sulfide) groups is 1. The van der Waals surface area contributed by atoms with Crippen molar-refractivity contribution in [2.45, 2.75) is 31.3 Å². The second-order valence-electron chi connectivity index (χ2n) is 2.67. The van der Waals surface area contributed by atoms with Gasteiger partial charge in [0.1, 0.15) is 0 Å². The smallest absolute Gasteiger partial charge is 0.0752 e. The lowest BCUT2D eigenvalue weighted by atomic mass is 10.3. The standard InChI is InChI=1S/C7H17NO2S/c1-5(9)6(2)11-4-7(10)3-8/h5-7,9-10H,3-4,8H2,1-2H3. The SMILES string of the molecule is CC(O)C(C)SCC(O)CN. The average molecular weight is 179 g/mol. The van der Waals surface area contributed by atoms with E-state index in [9.17, 15) is 0 Å². The van der Waals surface area contributed by atoms with Gasteiger partial charge in [0.15, 0.2) is 0 Å². The summed E-state index contributed by atoms with van der Waals surface area (Å²) in [7, 11) is 0. The van der Waals surface area contributed by atoms with E-state index in [0.717, 1.165) is 0 Å². The van der Waals surface area contributed by atoms with Crippen LogP contribution in [0.25, 0.3) is 0 Å². The summed E-state index contributed by atoms with van der Waals surface area (Å²) in [6.45, 7) is 3.96. The highest BCUT2D eigenvalue weighted by molar-refractivity contribution is 7.99. The maximum Gasteiger partial charge on any atom is 0.0752 e. The molecule has 68 valence electrons. The van der Waals surface area contributed by atoms with E-state index in [4.69, 9.17) is 15.9 Å². The number of aliphatic hydroxyl groups excluding tert-OH is 2. The molecular weight excluding hydrogens is 162 g/mol. The molecule has 0 bridgehead atoms. The first-order chi connectivity index (χ1) is 5.07. The van der Waals surface area contributed by atoms with Gasteiger partial charge in [-0.25, -0.2) is 0 Å². The first-order valence-electron chi connectivity index (χ1n) is 3.75. The van der Waals surface area contributed by atoms with Crippen molar-refractivity contribution in [3.63, 3.8) is 0 Å². The number of hydrogen-bond donors (Lipinski definition) is 3. The normalized spacial score (nSPS) is 19.4. The molecule has 3 nitrogen and oxygen atoms in total. The predicted molar refractivity (Wildman–Crippen MR) is 48.7 cm³/mol. The summed E-state index contributed by atoms with van der Waals surface area (Å²) in [4.78, 5) is 0. The number of nitrogens with two attached hydrogens (primary N) is 1. The Labute approximate surface area is 72.0 Å². The molecule has 0 heterocycles. The largest absolute Gasteiger partial charge is 0.392 e. The van der Waals surface area contributed by atoms with Gasteiger partial charge in [-0.3, -0.25) is 0 Å². The predicted octanol–water partition coefficient (Wildman–Crippen LogP) is -0.192. The molecule has 0 amide bonds. The first-order valence-corrected chi connectivity index (χ1v) is 4.80. The molecule has 0 aliphatic rings. The van der Waals surface area contributed by atoms with Crippen molar-refractivity contribution >= 4 is 11.8 Å². The fourth-order valence-corrected chi connectivity index (χ4v) is 1.41. The Morgan fingerprint density at radius 3 is 2.27 bits per heavy atom. The lowest BCUT2D eigenvalue weighted by Gasteiger charge is -2.15. The van der Waals surface area contributed by atoms with E-state index in [-0.39, 0.29) is 11.4 Å². The molecule has 3 atom stereocenters.